The third-order valence-corrected chi connectivity index (χ3v) is 4.23. The molecule has 3 N–H and O–H groups in total. The molecule has 3 rings (SSSR count). The maximum Gasteiger partial charge on any atom is 0.335 e. The molecule has 0 atom stereocenters. The highest BCUT2D eigenvalue weighted by Crippen LogP contribution is 2.30. The van der Waals surface area contributed by atoms with Crippen LogP contribution in [-0.4, -0.2) is 27.9 Å². The molecule has 0 aliphatic rings. The van der Waals surface area contributed by atoms with Gasteiger partial charge < -0.3 is 20.1 Å². The largest absolute Gasteiger partial charge is 0.504 e. The summed E-state index contributed by atoms with van der Waals surface area (Å²) >= 11 is 0. The predicted octanol–water partition coefficient (Wildman–Crippen LogP) is 4.35. The van der Waals surface area contributed by atoms with E-state index in [2.05, 4.69) is 0 Å². The minimum absolute atomic E-state index is 0.112. The maximum atomic E-state index is 10.8. The summed E-state index contributed by atoms with van der Waals surface area (Å²) in [5.74, 6) is -0.512. The van der Waals surface area contributed by atoms with Crippen LogP contribution < -0.4 is 4.74 Å². The van der Waals surface area contributed by atoms with Crippen LogP contribution in [-0.2, 0) is 6.42 Å². The number of hydrogen-bond acceptors (Lipinski definition) is 4. The second kappa shape index (κ2) is 7.78. The van der Waals surface area contributed by atoms with E-state index in [0.717, 1.165) is 35.6 Å². The molecule has 0 bridgehead atoms. The van der Waals surface area contributed by atoms with Gasteiger partial charge in [0.25, 0.3) is 0 Å². The lowest BCUT2D eigenvalue weighted by Crippen LogP contribution is -2.00. The first-order valence-electron chi connectivity index (χ1n) is 8.44. The number of ether oxygens (including phenoxy) is 1. The number of unbranched alkanes of at least 4 members (excludes halogenated alkanes) is 1. The van der Waals surface area contributed by atoms with E-state index in [1.165, 1.54) is 12.1 Å². The van der Waals surface area contributed by atoms with E-state index in [9.17, 15) is 15.0 Å². The van der Waals surface area contributed by atoms with Gasteiger partial charge in [-0.05, 0) is 72.0 Å². The van der Waals surface area contributed by atoms with Crippen LogP contribution in [0.3, 0.4) is 0 Å². The molecule has 0 amide bonds. The summed E-state index contributed by atoms with van der Waals surface area (Å²) in [4.78, 5) is 10.8. The van der Waals surface area contributed by atoms with Crippen LogP contribution in [0.1, 0.15) is 28.8 Å². The van der Waals surface area contributed by atoms with Crippen LogP contribution in [0.15, 0.2) is 54.6 Å². The standard InChI is InChI=1S/C21H20O5/c22-19-12-16-5-4-14(11-17(16)13-20(19)23)3-1-2-10-26-18-8-6-15(7-9-18)21(24)25/h4-9,11-13,22-23H,1-3,10H2,(H,24,25). The Labute approximate surface area is 151 Å². The fourth-order valence-corrected chi connectivity index (χ4v) is 2.79. The van der Waals surface area contributed by atoms with Crippen molar-refractivity contribution in [1.82, 2.24) is 0 Å². The highest BCUT2D eigenvalue weighted by molar-refractivity contribution is 5.87. The Bertz CT molecular complexity index is 916. The fourth-order valence-electron chi connectivity index (χ4n) is 2.79. The van der Waals surface area contributed by atoms with Gasteiger partial charge in [-0.1, -0.05) is 18.2 Å². The predicted molar refractivity (Wildman–Crippen MR) is 99.1 cm³/mol. The van der Waals surface area contributed by atoms with Gasteiger partial charge in [0.1, 0.15) is 5.75 Å². The zero-order valence-corrected chi connectivity index (χ0v) is 14.2. The van der Waals surface area contributed by atoms with Gasteiger partial charge in [-0.2, -0.15) is 0 Å². The molecule has 0 saturated heterocycles. The number of rotatable bonds is 7. The van der Waals surface area contributed by atoms with E-state index in [1.807, 2.05) is 18.2 Å². The lowest BCUT2D eigenvalue weighted by atomic mass is 10.0. The van der Waals surface area contributed by atoms with Crippen LogP contribution in [0.25, 0.3) is 10.8 Å². The second-order valence-electron chi connectivity index (χ2n) is 6.16. The average molecular weight is 352 g/mol. The van der Waals surface area contributed by atoms with E-state index >= 15 is 0 Å². The summed E-state index contributed by atoms with van der Waals surface area (Å²) in [6.45, 7) is 0.564. The molecular formula is C21H20O5. The molecule has 0 aliphatic carbocycles. The van der Waals surface area contributed by atoms with Gasteiger partial charge >= 0.3 is 5.97 Å². The summed E-state index contributed by atoms with van der Waals surface area (Å²) in [7, 11) is 0. The number of fused-ring (bicyclic) bond motifs is 1. The molecule has 5 heteroatoms. The Balaban J connectivity index is 1.48. The molecule has 26 heavy (non-hydrogen) atoms. The number of aryl methyl sites for hydroxylation is 1. The smallest absolute Gasteiger partial charge is 0.335 e. The molecule has 5 nitrogen and oxygen atoms in total. The molecule has 134 valence electrons. The van der Waals surface area contributed by atoms with Gasteiger partial charge in [0.05, 0.1) is 12.2 Å². The summed E-state index contributed by atoms with van der Waals surface area (Å²) in [5, 5.41) is 29.8. The number of carboxylic acid groups (broad SMARTS) is 1. The number of phenolic OH excluding ortho intramolecular Hbond substituents is 2. The van der Waals surface area contributed by atoms with Gasteiger partial charge in [0.15, 0.2) is 11.5 Å². The highest BCUT2D eigenvalue weighted by atomic mass is 16.5. The maximum absolute atomic E-state index is 10.8. The second-order valence-corrected chi connectivity index (χ2v) is 6.16. The Morgan fingerprint density at radius 1 is 0.846 bits per heavy atom. The zero-order chi connectivity index (χ0) is 18.5. The Kier molecular flexibility index (Phi) is 5.27. The van der Waals surface area contributed by atoms with E-state index in [0.29, 0.717) is 12.4 Å². The van der Waals surface area contributed by atoms with Gasteiger partial charge in [0, 0.05) is 0 Å². The average Bonchev–Trinajstić information content (AvgIpc) is 2.63. The molecule has 3 aromatic rings. The van der Waals surface area contributed by atoms with E-state index < -0.39 is 5.97 Å². The molecular weight excluding hydrogens is 332 g/mol. The van der Waals surface area contributed by atoms with Crippen molar-refractivity contribution in [3.63, 3.8) is 0 Å². The summed E-state index contributed by atoms with van der Waals surface area (Å²) in [6.07, 6.45) is 2.71. The molecule has 0 radical (unpaired) electrons. The first kappa shape index (κ1) is 17.6. The normalized spacial score (nSPS) is 10.8. The van der Waals surface area contributed by atoms with Gasteiger partial charge in [0.2, 0.25) is 0 Å². The number of hydrogen-bond donors (Lipinski definition) is 3. The van der Waals surface area contributed by atoms with Crippen molar-refractivity contribution >= 4 is 16.7 Å². The van der Waals surface area contributed by atoms with Crippen molar-refractivity contribution in [2.24, 2.45) is 0 Å². The lowest BCUT2D eigenvalue weighted by Gasteiger charge is -2.08. The Hall–Kier alpha value is -3.21. The first-order valence-corrected chi connectivity index (χ1v) is 8.44. The first-order chi connectivity index (χ1) is 12.5. The number of benzene rings is 3. The van der Waals surface area contributed by atoms with Crippen molar-refractivity contribution in [3.8, 4) is 17.2 Å². The molecule has 0 spiro atoms. The van der Waals surface area contributed by atoms with Crippen LogP contribution in [0, 0.1) is 0 Å². The van der Waals surface area contributed by atoms with E-state index in [-0.39, 0.29) is 17.1 Å². The minimum atomic E-state index is -0.949. The highest BCUT2D eigenvalue weighted by Gasteiger charge is 2.04. The third-order valence-electron chi connectivity index (χ3n) is 4.23. The molecule has 0 aliphatic heterocycles. The molecule has 0 aromatic heterocycles. The number of carbonyl (C=O) groups is 1. The van der Waals surface area contributed by atoms with Crippen LogP contribution in [0.5, 0.6) is 17.2 Å². The Morgan fingerprint density at radius 2 is 1.54 bits per heavy atom. The van der Waals surface area contributed by atoms with Crippen LogP contribution in [0.2, 0.25) is 0 Å². The molecule has 3 aromatic carbocycles. The number of carboxylic acids is 1. The molecule has 0 heterocycles. The monoisotopic (exact) mass is 352 g/mol. The zero-order valence-electron chi connectivity index (χ0n) is 14.2. The Morgan fingerprint density at radius 3 is 2.23 bits per heavy atom. The molecule has 0 unspecified atom stereocenters. The van der Waals surface area contributed by atoms with E-state index in [4.69, 9.17) is 9.84 Å². The van der Waals surface area contributed by atoms with Crippen molar-refractivity contribution in [2.45, 2.75) is 19.3 Å². The number of aromatic hydroxyl groups is 2. The van der Waals surface area contributed by atoms with Crippen molar-refractivity contribution in [2.75, 3.05) is 6.61 Å². The lowest BCUT2D eigenvalue weighted by molar-refractivity contribution is 0.0697. The molecule has 0 saturated carbocycles. The minimum Gasteiger partial charge on any atom is -0.504 e. The quantitative estimate of drug-likeness (QED) is 0.435. The van der Waals surface area contributed by atoms with Gasteiger partial charge in [-0.25, -0.2) is 4.79 Å². The van der Waals surface area contributed by atoms with Gasteiger partial charge in [-0.15, -0.1) is 0 Å². The van der Waals surface area contributed by atoms with Crippen molar-refractivity contribution in [1.29, 1.82) is 0 Å². The van der Waals surface area contributed by atoms with Crippen LogP contribution in [0.4, 0.5) is 0 Å². The van der Waals surface area contributed by atoms with Gasteiger partial charge in [-0.3, -0.25) is 0 Å². The van der Waals surface area contributed by atoms with Crippen molar-refractivity contribution in [3.05, 3.63) is 65.7 Å². The topological polar surface area (TPSA) is 87.0 Å². The summed E-state index contributed by atoms with van der Waals surface area (Å²) in [5.41, 5.74) is 1.40. The van der Waals surface area contributed by atoms with Crippen LogP contribution >= 0.6 is 0 Å². The third kappa shape index (κ3) is 4.25. The summed E-state index contributed by atoms with van der Waals surface area (Å²) < 4.78 is 5.62. The van der Waals surface area contributed by atoms with Crippen molar-refractivity contribution < 1.29 is 24.9 Å². The SMILES string of the molecule is O=C(O)c1ccc(OCCCCc2ccc3cc(O)c(O)cc3c2)cc1. The summed E-state index contributed by atoms with van der Waals surface area (Å²) in [6, 6.07) is 15.5. The molecule has 0 fully saturated rings. The number of phenols is 2. The fraction of sp³-hybridized carbons (Fsp3) is 0.190. The number of aromatic carboxylic acids is 1. The van der Waals surface area contributed by atoms with E-state index in [1.54, 1.807) is 24.3 Å².